The molecule has 150 valence electrons. The van der Waals surface area contributed by atoms with Gasteiger partial charge in [-0.15, -0.1) is 0 Å². The van der Waals surface area contributed by atoms with Crippen LogP contribution >= 0.6 is 11.6 Å². The smallest absolute Gasteiger partial charge is 0.267 e. The van der Waals surface area contributed by atoms with Crippen molar-refractivity contribution < 1.29 is 18.7 Å². The first-order valence-corrected chi connectivity index (χ1v) is 9.06. The second kappa shape index (κ2) is 9.48. The Morgan fingerprint density at radius 1 is 1.29 bits per heavy atom. The summed E-state index contributed by atoms with van der Waals surface area (Å²) in [6.07, 6.45) is 1.95. The summed E-state index contributed by atoms with van der Waals surface area (Å²) >= 11 is 6.11. The summed E-state index contributed by atoms with van der Waals surface area (Å²) in [7, 11) is 0. The number of nitrogens with one attached hydrogen (secondary N) is 1. The van der Waals surface area contributed by atoms with Crippen LogP contribution in [0.5, 0.6) is 11.5 Å². The van der Waals surface area contributed by atoms with E-state index in [-0.39, 0.29) is 40.7 Å². The number of halogens is 2. The van der Waals surface area contributed by atoms with E-state index in [1.54, 1.807) is 13.0 Å². The Morgan fingerprint density at radius 3 is 2.54 bits per heavy atom. The van der Waals surface area contributed by atoms with Crippen LogP contribution < -0.4 is 21.5 Å². The first-order valence-electron chi connectivity index (χ1n) is 8.68. The van der Waals surface area contributed by atoms with Crippen molar-refractivity contribution in [2.45, 2.75) is 38.8 Å². The third-order valence-corrected chi connectivity index (χ3v) is 4.36. The zero-order valence-electron chi connectivity index (χ0n) is 15.5. The highest BCUT2D eigenvalue weighted by Gasteiger charge is 2.22. The first kappa shape index (κ1) is 21.6. The number of amides is 2. The SMILES string of the molecule is CC[C@@H](N[C@H](C)CC(N)=O)c1ccc(Cl)c(Oc2ccc(C(N)=O)nc2)c1F. The van der Waals surface area contributed by atoms with E-state index in [4.69, 9.17) is 27.8 Å². The molecule has 0 unspecified atom stereocenters. The third kappa shape index (κ3) is 5.40. The summed E-state index contributed by atoms with van der Waals surface area (Å²) in [6, 6.07) is 5.31. The topological polar surface area (TPSA) is 120 Å². The van der Waals surface area contributed by atoms with E-state index in [2.05, 4.69) is 10.3 Å². The number of nitrogens with zero attached hydrogens (tertiary/aromatic N) is 1. The van der Waals surface area contributed by atoms with Crippen LogP contribution in [-0.2, 0) is 4.79 Å². The van der Waals surface area contributed by atoms with E-state index < -0.39 is 17.6 Å². The fourth-order valence-corrected chi connectivity index (χ4v) is 2.93. The molecule has 0 aliphatic carbocycles. The monoisotopic (exact) mass is 408 g/mol. The first-order chi connectivity index (χ1) is 13.2. The highest BCUT2D eigenvalue weighted by atomic mass is 35.5. The average molecular weight is 409 g/mol. The van der Waals surface area contributed by atoms with Crippen LogP contribution in [0.15, 0.2) is 30.5 Å². The normalized spacial score (nSPS) is 13.0. The van der Waals surface area contributed by atoms with E-state index >= 15 is 4.39 Å². The molecule has 5 N–H and O–H groups in total. The molecule has 0 saturated heterocycles. The van der Waals surface area contributed by atoms with E-state index in [9.17, 15) is 9.59 Å². The Morgan fingerprint density at radius 2 is 2.00 bits per heavy atom. The number of rotatable bonds is 9. The van der Waals surface area contributed by atoms with Gasteiger partial charge in [0.25, 0.3) is 5.91 Å². The summed E-state index contributed by atoms with van der Waals surface area (Å²) in [4.78, 5) is 26.0. The van der Waals surface area contributed by atoms with E-state index in [1.807, 2.05) is 6.92 Å². The Hall–Kier alpha value is -2.71. The van der Waals surface area contributed by atoms with Crippen molar-refractivity contribution in [3.63, 3.8) is 0 Å². The molecule has 0 fully saturated rings. The van der Waals surface area contributed by atoms with Gasteiger partial charge >= 0.3 is 0 Å². The van der Waals surface area contributed by atoms with Crippen molar-refractivity contribution in [3.05, 3.63) is 52.6 Å². The minimum Gasteiger partial charge on any atom is -0.451 e. The number of nitrogens with two attached hydrogens (primary N) is 2. The molecule has 1 aromatic carbocycles. The molecule has 0 spiro atoms. The molecule has 0 saturated carbocycles. The molecule has 2 aromatic rings. The predicted molar refractivity (Wildman–Crippen MR) is 104 cm³/mol. The highest BCUT2D eigenvalue weighted by Crippen LogP contribution is 2.36. The largest absolute Gasteiger partial charge is 0.451 e. The quantitative estimate of drug-likeness (QED) is 0.588. The second-order valence-electron chi connectivity index (χ2n) is 6.32. The van der Waals surface area contributed by atoms with Crippen LogP contribution in [-0.4, -0.2) is 22.8 Å². The van der Waals surface area contributed by atoms with Gasteiger partial charge in [-0.2, -0.15) is 0 Å². The highest BCUT2D eigenvalue weighted by molar-refractivity contribution is 6.32. The van der Waals surface area contributed by atoms with Gasteiger partial charge < -0.3 is 21.5 Å². The predicted octanol–water partition coefficient (Wildman–Crippen LogP) is 3.07. The molecule has 28 heavy (non-hydrogen) atoms. The maximum absolute atomic E-state index is 15.1. The number of primary amides is 2. The summed E-state index contributed by atoms with van der Waals surface area (Å²) in [5.74, 6) is -1.71. The van der Waals surface area contributed by atoms with Gasteiger partial charge in [0.1, 0.15) is 11.4 Å². The number of aromatic nitrogens is 1. The van der Waals surface area contributed by atoms with Gasteiger partial charge in [-0.3, -0.25) is 9.59 Å². The summed E-state index contributed by atoms with van der Waals surface area (Å²) in [6.45, 7) is 3.68. The van der Waals surface area contributed by atoms with Gasteiger partial charge in [0.2, 0.25) is 5.91 Å². The minimum absolute atomic E-state index is 0.0614. The molecule has 2 atom stereocenters. The lowest BCUT2D eigenvalue weighted by atomic mass is 10.0. The van der Waals surface area contributed by atoms with Crippen LogP contribution in [0.4, 0.5) is 4.39 Å². The Balaban J connectivity index is 2.28. The second-order valence-corrected chi connectivity index (χ2v) is 6.73. The standard InChI is InChI=1S/C19H22ClFN4O3/c1-3-14(25-10(2)8-16(22)26)12-5-6-13(20)18(17(12)21)28-11-4-7-15(19(23)27)24-9-11/h4-7,9-10,14,25H,3,8H2,1-2H3,(H2,22,26)(H2,23,27)/t10-,14-/m1/s1. The molecular weight excluding hydrogens is 387 g/mol. The Labute approximate surface area is 167 Å². The zero-order valence-corrected chi connectivity index (χ0v) is 16.3. The summed E-state index contributed by atoms with van der Waals surface area (Å²) in [5, 5.41) is 3.27. The van der Waals surface area contributed by atoms with Gasteiger partial charge in [0, 0.05) is 24.1 Å². The molecule has 2 amide bonds. The van der Waals surface area contributed by atoms with Crippen molar-refractivity contribution >= 4 is 23.4 Å². The molecule has 1 heterocycles. The summed E-state index contributed by atoms with van der Waals surface area (Å²) < 4.78 is 20.7. The van der Waals surface area contributed by atoms with Crippen LogP contribution in [0.3, 0.4) is 0 Å². The van der Waals surface area contributed by atoms with E-state index in [1.165, 1.54) is 24.4 Å². The maximum Gasteiger partial charge on any atom is 0.267 e. The third-order valence-electron chi connectivity index (χ3n) is 4.06. The lowest BCUT2D eigenvalue weighted by Gasteiger charge is -2.23. The molecule has 0 bridgehead atoms. The van der Waals surface area contributed by atoms with Crippen LogP contribution in [0.1, 0.15) is 48.8 Å². The number of hydrogen-bond acceptors (Lipinski definition) is 5. The molecule has 2 rings (SSSR count). The molecule has 1 aromatic heterocycles. The zero-order chi connectivity index (χ0) is 20.8. The fraction of sp³-hybridized carbons (Fsp3) is 0.316. The lowest BCUT2D eigenvalue weighted by Crippen LogP contribution is -2.34. The van der Waals surface area contributed by atoms with Crippen molar-refractivity contribution in [1.82, 2.24) is 10.3 Å². The van der Waals surface area contributed by atoms with Gasteiger partial charge in [-0.1, -0.05) is 24.6 Å². The van der Waals surface area contributed by atoms with Gasteiger partial charge in [0.15, 0.2) is 11.6 Å². The van der Waals surface area contributed by atoms with Gasteiger partial charge in [-0.05, 0) is 31.5 Å². The number of hydrogen-bond donors (Lipinski definition) is 3. The molecule has 9 heteroatoms. The number of carbonyl (C=O) groups excluding carboxylic acids is 2. The number of carbonyl (C=O) groups is 2. The van der Waals surface area contributed by atoms with Crippen LogP contribution in [0.25, 0.3) is 0 Å². The van der Waals surface area contributed by atoms with Crippen molar-refractivity contribution in [3.8, 4) is 11.5 Å². The summed E-state index contributed by atoms with van der Waals surface area (Å²) in [5.41, 5.74) is 10.8. The molecule has 0 aliphatic heterocycles. The Bertz CT molecular complexity index is 861. The van der Waals surface area contributed by atoms with E-state index in [0.29, 0.717) is 12.0 Å². The molecule has 0 radical (unpaired) electrons. The number of benzene rings is 1. The van der Waals surface area contributed by atoms with Gasteiger partial charge in [0.05, 0.1) is 11.2 Å². The van der Waals surface area contributed by atoms with Gasteiger partial charge in [-0.25, -0.2) is 9.37 Å². The average Bonchev–Trinajstić information content (AvgIpc) is 2.63. The fourth-order valence-electron chi connectivity index (χ4n) is 2.75. The lowest BCUT2D eigenvalue weighted by molar-refractivity contribution is -0.118. The van der Waals surface area contributed by atoms with Crippen LogP contribution in [0, 0.1) is 5.82 Å². The number of ether oxygens (including phenoxy) is 1. The molecule has 7 nitrogen and oxygen atoms in total. The van der Waals surface area contributed by atoms with Crippen molar-refractivity contribution in [1.29, 1.82) is 0 Å². The van der Waals surface area contributed by atoms with Crippen molar-refractivity contribution in [2.24, 2.45) is 11.5 Å². The number of pyridine rings is 1. The maximum atomic E-state index is 15.1. The van der Waals surface area contributed by atoms with Crippen LogP contribution in [0.2, 0.25) is 5.02 Å². The Kier molecular flexibility index (Phi) is 7.31. The van der Waals surface area contributed by atoms with E-state index in [0.717, 1.165) is 0 Å². The molecule has 0 aliphatic rings. The minimum atomic E-state index is -0.681. The molecular formula is C19H22ClFN4O3. The van der Waals surface area contributed by atoms with Crippen molar-refractivity contribution in [2.75, 3.05) is 0 Å².